The van der Waals surface area contributed by atoms with E-state index in [1.165, 1.54) is 48.5 Å². The lowest BCUT2D eigenvalue weighted by Gasteiger charge is -2.15. The van der Waals surface area contributed by atoms with E-state index in [2.05, 4.69) is 0 Å². The molecule has 0 bridgehead atoms. The van der Waals surface area contributed by atoms with E-state index in [9.17, 15) is 20.2 Å². The van der Waals surface area contributed by atoms with Crippen molar-refractivity contribution >= 4 is 11.4 Å². The molecule has 0 aliphatic rings. The van der Waals surface area contributed by atoms with Crippen LogP contribution in [0.3, 0.4) is 0 Å². The van der Waals surface area contributed by atoms with E-state index in [4.69, 9.17) is 9.47 Å². The number of nitro groups is 2. The molecule has 0 unspecified atom stereocenters. The van der Waals surface area contributed by atoms with Crippen LogP contribution in [0, 0.1) is 20.2 Å². The number of benzene rings is 4. The van der Waals surface area contributed by atoms with Gasteiger partial charge in [0.2, 0.25) is 0 Å². The van der Waals surface area contributed by atoms with Gasteiger partial charge in [-0.1, -0.05) is 36.4 Å². The third kappa shape index (κ3) is 4.54. The summed E-state index contributed by atoms with van der Waals surface area (Å²) in [6, 6.07) is 26.4. The number of nitro benzene ring substituents is 2. The number of para-hydroxylation sites is 2. The van der Waals surface area contributed by atoms with Gasteiger partial charge in [-0.15, -0.1) is 0 Å². The molecule has 0 saturated carbocycles. The molecule has 4 rings (SSSR count). The van der Waals surface area contributed by atoms with Crippen LogP contribution in [0.1, 0.15) is 0 Å². The molecule has 0 radical (unpaired) electrons. The average Bonchev–Trinajstić information content (AvgIpc) is 2.81. The predicted molar refractivity (Wildman–Crippen MR) is 118 cm³/mol. The van der Waals surface area contributed by atoms with E-state index in [1.54, 1.807) is 12.1 Å². The van der Waals surface area contributed by atoms with Crippen LogP contribution in [-0.2, 0) is 0 Å². The van der Waals surface area contributed by atoms with Crippen LogP contribution in [0.25, 0.3) is 11.1 Å². The van der Waals surface area contributed by atoms with Gasteiger partial charge in [-0.05, 0) is 36.4 Å². The Morgan fingerprint density at radius 3 is 1.19 bits per heavy atom. The highest BCUT2D eigenvalue weighted by Gasteiger charge is 2.14. The van der Waals surface area contributed by atoms with Crippen LogP contribution >= 0.6 is 0 Å². The van der Waals surface area contributed by atoms with Crippen molar-refractivity contribution in [2.45, 2.75) is 0 Å². The van der Waals surface area contributed by atoms with Gasteiger partial charge in [0, 0.05) is 35.4 Å². The zero-order chi connectivity index (χ0) is 22.5. The Morgan fingerprint density at radius 1 is 0.500 bits per heavy atom. The maximum atomic E-state index is 10.9. The van der Waals surface area contributed by atoms with Crippen molar-refractivity contribution in [3.63, 3.8) is 0 Å². The lowest BCUT2D eigenvalue weighted by atomic mass is 10.0. The quantitative estimate of drug-likeness (QED) is 0.238. The fourth-order valence-corrected chi connectivity index (χ4v) is 3.08. The van der Waals surface area contributed by atoms with Crippen LogP contribution in [0.15, 0.2) is 97.1 Å². The number of hydrogen-bond donors (Lipinski definition) is 0. The summed E-state index contributed by atoms with van der Waals surface area (Å²) < 4.78 is 12.0. The second kappa shape index (κ2) is 8.97. The number of non-ortho nitro benzene ring substituents is 2. The van der Waals surface area contributed by atoms with Gasteiger partial charge in [0.1, 0.15) is 23.0 Å². The predicted octanol–water partition coefficient (Wildman–Crippen LogP) is 6.75. The summed E-state index contributed by atoms with van der Waals surface area (Å²) in [5, 5.41) is 21.7. The molecule has 0 atom stereocenters. The highest BCUT2D eigenvalue weighted by molar-refractivity contribution is 5.76. The Bertz CT molecular complexity index is 1170. The molecule has 0 aromatic heterocycles. The van der Waals surface area contributed by atoms with Crippen molar-refractivity contribution in [3.05, 3.63) is 117 Å². The Labute approximate surface area is 182 Å². The highest BCUT2D eigenvalue weighted by Crippen LogP contribution is 2.40. The minimum absolute atomic E-state index is 0.0209. The number of hydrogen-bond acceptors (Lipinski definition) is 6. The van der Waals surface area contributed by atoms with Crippen LogP contribution in [-0.4, -0.2) is 9.85 Å². The van der Waals surface area contributed by atoms with Crippen molar-refractivity contribution in [1.82, 2.24) is 0 Å². The summed E-state index contributed by atoms with van der Waals surface area (Å²) in [7, 11) is 0. The summed E-state index contributed by atoms with van der Waals surface area (Å²) in [6.45, 7) is 0. The number of ether oxygens (including phenoxy) is 2. The van der Waals surface area contributed by atoms with E-state index in [-0.39, 0.29) is 11.4 Å². The van der Waals surface area contributed by atoms with E-state index in [0.717, 1.165) is 11.1 Å². The molecule has 0 spiro atoms. The normalized spacial score (nSPS) is 10.4. The van der Waals surface area contributed by atoms with Gasteiger partial charge >= 0.3 is 0 Å². The van der Waals surface area contributed by atoms with Crippen molar-refractivity contribution in [1.29, 1.82) is 0 Å². The SMILES string of the molecule is O=[N+]([O-])c1ccc(Oc2ccccc2-c2ccccc2Oc2ccc([N+](=O)[O-])cc2)cc1. The van der Waals surface area contributed by atoms with Crippen molar-refractivity contribution in [3.8, 4) is 34.1 Å². The third-order valence-electron chi connectivity index (χ3n) is 4.61. The topological polar surface area (TPSA) is 105 Å². The molecule has 0 aliphatic heterocycles. The number of nitrogens with zero attached hydrogens (tertiary/aromatic N) is 2. The molecule has 0 N–H and O–H groups in total. The standard InChI is InChI=1S/C24H16N2O6/c27-25(28)17-9-13-19(14-10-17)31-23-7-3-1-5-21(23)22-6-2-4-8-24(22)32-20-15-11-18(12-16-20)26(29)30/h1-16H. The molecule has 4 aromatic rings. The molecule has 0 aliphatic carbocycles. The maximum Gasteiger partial charge on any atom is 0.269 e. The fourth-order valence-electron chi connectivity index (χ4n) is 3.08. The summed E-state index contributed by atoms with van der Waals surface area (Å²) in [5.74, 6) is 2.00. The third-order valence-corrected chi connectivity index (χ3v) is 4.61. The van der Waals surface area contributed by atoms with Gasteiger partial charge in [0.05, 0.1) is 9.85 Å². The van der Waals surface area contributed by atoms with Crippen LogP contribution < -0.4 is 9.47 Å². The van der Waals surface area contributed by atoms with Crippen molar-refractivity contribution in [2.75, 3.05) is 0 Å². The molecule has 8 heteroatoms. The molecule has 0 fully saturated rings. The summed E-state index contributed by atoms with van der Waals surface area (Å²) in [5.41, 5.74) is 1.46. The first-order valence-corrected chi connectivity index (χ1v) is 9.54. The molecule has 0 saturated heterocycles. The molecule has 0 heterocycles. The second-order valence-electron chi connectivity index (χ2n) is 6.70. The van der Waals surface area contributed by atoms with Crippen LogP contribution in [0.2, 0.25) is 0 Å². The lowest BCUT2D eigenvalue weighted by molar-refractivity contribution is -0.385. The average molecular weight is 428 g/mol. The van der Waals surface area contributed by atoms with E-state index in [0.29, 0.717) is 23.0 Å². The largest absolute Gasteiger partial charge is 0.457 e. The van der Waals surface area contributed by atoms with Gasteiger partial charge in [-0.2, -0.15) is 0 Å². The van der Waals surface area contributed by atoms with Gasteiger partial charge in [-0.25, -0.2) is 0 Å². The fraction of sp³-hybridized carbons (Fsp3) is 0. The van der Waals surface area contributed by atoms with Gasteiger partial charge in [0.15, 0.2) is 0 Å². The molecule has 0 amide bonds. The first kappa shape index (κ1) is 20.5. The van der Waals surface area contributed by atoms with Crippen molar-refractivity contribution < 1.29 is 19.3 Å². The van der Waals surface area contributed by atoms with E-state index >= 15 is 0 Å². The Balaban J connectivity index is 1.64. The Morgan fingerprint density at radius 2 is 0.844 bits per heavy atom. The van der Waals surface area contributed by atoms with Crippen LogP contribution in [0.5, 0.6) is 23.0 Å². The minimum Gasteiger partial charge on any atom is -0.457 e. The first-order chi connectivity index (χ1) is 15.5. The van der Waals surface area contributed by atoms with E-state index in [1.807, 2.05) is 36.4 Å². The van der Waals surface area contributed by atoms with Gasteiger partial charge in [-0.3, -0.25) is 20.2 Å². The summed E-state index contributed by atoms with van der Waals surface area (Å²) >= 11 is 0. The molecular weight excluding hydrogens is 412 g/mol. The molecule has 32 heavy (non-hydrogen) atoms. The highest BCUT2D eigenvalue weighted by atomic mass is 16.6. The molecular formula is C24H16N2O6. The zero-order valence-corrected chi connectivity index (χ0v) is 16.6. The van der Waals surface area contributed by atoms with Crippen LogP contribution in [0.4, 0.5) is 11.4 Å². The van der Waals surface area contributed by atoms with E-state index < -0.39 is 9.85 Å². The lowest BCUT2D eigenvalue weighted by Crippen LogP contribution is -1.93. The Hall–Kier alpha value is -4.72. The smallest absolute Gasteiger partial charge is 0.269 e. The van der Waals surface area contributed by atoms with Crippen molar-refractivity contribution in [2.24, 2.45) is 0 Å². The Kier molecular flexibility index (Phi) is 5.76. The molecule has 8 nitrogen and oxygen atoms in total. The summed E-state index contributed by atoms with van der Waals surface area (Å²) in [4.78, 5) is 20.8. The van der Waals surface area contributed by atoms with Gasteiger partial charge in [0.25, 0.3) is 11.4 Å². The van der Waals surface area contributed by atoms with Gasteiger partial charge < -0.3 is 9.47 Å². The first-order valence-electron chi connectivity index (χ1n) is 9.54. The minimum atomic E-state index is -0.469. The molecule has 4 aromatic carbocycles. The number of rotatable bonds is 7. The molecule has 158 valence electrons. The summed E-state index contributed by atoms with van der Waals surface area (Å²) in [6.07, 6.45) is 0. The second-order valence-corrected chi connectivity index (χ2v) is 6.70. The zero-order valence-electron chi connectivity index (χ0n) is 16.6. The maximum absolute atomic E-state index is 10.9. The monoisotopic (exact) mass is 428 g/mol.